The van der Waals surface area contributed by atoms with Crippen molar-refractivity contribution < 1.29 is 0 Å². The quantitative estimate of drug-likeness (QED) is 0.486. The van der Waals surface area contributed by atoms with Gasteiger partial charge in [-0.05, 0) is 20.5 Å². The van der Waals surface area contributed by atoms with Crippen molar-refractivity contribution in [3.05, 3.63) is 6.54 Å². The van der Waals surface area contributed by atoms with Crippen molar-refractivity contribution in [1.82, 2.24) is 4.90 Å². The summed E-state index contributed by atoms with van der Waals surface area (Å²) >= 11 is 0. The first kappa shape index (κ1) is 5.96. The third kappa shape index (κ3) is 2.21. The van der Waals surface area contributed by atoms with Gasteiger partial charge in [-0.1, -0.05) is 6.92 Å². The number of nitrogens with zero attached hydrogens (tertiary/aromatic N) is 1. The molecule has 1 radical (unpaired) electrons. The molecule has 0 rings (SSSR count). The largest absolute Gasteiger partial charge is 0.302 e. The highest BCUT2D eigenvalue weighted by atomic mass is 15.1. The molecule has 1 nitrogen and oxygen atoms in total. The van der Waals surface area contributed by atoms with Crippen LogP contribution in [0, 0.1) is 6.54 Å². The third-order valence-electron chi connectivity index (χ3n) is 0.940. The van der Waals surface area contributed by atoms with Crippen molar-refractivity contribution in [2.24, 2.45) is 0 Å². The van der Waals surface area contributed by atoms with Gasteiger partial charge >= 0.3 is 0 Å². The average molecular weight is 86.2 g/mol. The molecule has 0 amide bonds. The van der Waals surface area contributed by atoms with Crippen LogP contribution in [0.5, 0.6) is 0 Å². The van der Waals surface area contributed by atoms with Gasteiger partial charge in [0.1, 0.15) is 0 Å². The van der Waals surface area contributed by atoms with Gasteiger partial charge in [0.2, 0.25) is 0 Å². The Hall–Kier alpha value is -0.0400. The van der Waals surface area contributed by atoms with Crippen LogP contribution in [0.2, 0.25) is 0 Å². The summed E-state index contributed by atoms with van der Waals surface area (Å²) in [6, 6.07) is 0. The van der Waals surface area contributed by atoms with Gasteiger partial charge in [-0.15, -0.1) is 0 Å². The summed E-state index contributed by atoms with van der Waals surface area (Å²) in [6.45, 7) is 7.32. The van der Waals surface area contributed by atoms with Crippen molar-refractivity contribution in [1.29, 1.82) is 0 Å². The third-order valence-corrected chi connectivity index (χ3v) is 0.940. The van der Waals surface area contributed by atoms with Crippen LogP contribution in [0.25, 0.3) is 0 Å². The molecule has 0 fully saturated rings. The Kier molecular flexibility index (Phi) is 3.14. The first-order chi connectivity index (χ1) is 2.81. The first-order valence-corrected chi connectivity index (χ1v) is 2.31. The predicted octanol–water partition coefficient (Wildman–Crippen LogP) is 1.12. The Labute approximate surface area is 40.0 Å². The van der Waals surface area contributed by atoms with Crippen LogP contribution in [0.1, 0.15) is 13.8 Å². The van der Waals surface area contributed by atoms with Crippen molar-refractivity contribution >= 4 is 0 Å². The van der Waals surface area contributed by atoms with E-state index in [1.807, 2.05) is 6.92 Å². The second-order valence-electron chi connectivity index (χ2n) is 1.33. The molecule has 0 spiro atoms. The van der Waals surface area contributed by atoms with Crippen molar-refractivity contribution in [3.63, 3.8) is 0 Å². The summed E-state index contributed by atoms with van der Waals surface area (Å²) in [5.74, 6) is 0. The molecule has 0 aliphatic rings. The van der Waals surface area contributed by atoms with E-state index < -0.39 is 0 Å². The lowest BCUT2D eigenvalue weighted by Crippen LogP contribution is -2.10. The zero-order chi connectivity index (χ0) is 4.99. The lowest BCUT2D eigenvalue weighted by atomic mass is 10.6. The molecular formula is C5H12N. The van der Waals surface area contributed by atoms with Crippen LogP contribution >= 0.6 is 0 Å². The van der Waals surface area contributed by atoms with Crippen LogP contribution in [-0.4, -0.2) is 18.5 Å². The molecule has 0 N–H and O–H groups in total. The molecule has 0 atom stereocenters. The van der Waals surface area contributed by atoms with Gasteiger partial charge in [-0.3, -0.25) is 0 Å². The lowest BCUT2D eigenvalue weighted by Gasteiger charge is -2.06. The molecule has 0 aromatic carbocycles. The maximum atomic E-state index is 2.12. The average Bonchev–Trinajstić information content (AvgIpc) is 1.65. The highest BCUT2D eigenvalue weighted by Crippen LogP contribution is 1.80. The highest BCUT2D eigenvalue weighted by Gasteiger charge is 1.82. The van der Waals surface area contributed by atoms with Crippen LogP contribution < -0.4 is 0 Å². The molecule has 0 heterocycles. The van der Waals surface area contributed by atoms with Gasteiger partial charge < -0.3 is 4.90 Å². The summed E-state index contributed by atoms with van der Waals surface area (Å²) in [5, 5.41) is 0. The summed E-state index contributed by atoms with van der Waals surface area (Å²) in [6.07, 6.45) is 0. The fourth-order valence-corrected chi connectivity index (χ4v) is 0.183. The molecule has 0 aliphatic heterocycles. The van der Waals surface area contributed by atoms with Crippen LogP contribution in [0.3, 0.4) is 0 Å². The van der Waals surface area contributed by atoms with E-state index in [0.717, 1.165) is 6.54 Å². The van der Waals surface area contributed by atoms with Gasteiger partial charge in [0.25, 0.3) is 0 Å². The maximum Gasteiger partial charge on any atom is 0.0217 e. The van der Waals surface area contributed by atoms with Crippen LogP contribution in [0.4, 0.5) is 0 Å². The normalized spacial score (nSPS) is 10.0. The van der Waals surface area contributed by atoms with E-state index in [-0.39, 0.29) is 0 Å². The van der Waals surface area contributed by atoms with Gasteiger partial charge in [-0.25, -0.2) is 0 Å². The van der Waals surface area contributed by atoms with Gasteiger partial charge in [0, 0.05) is 6.54 Å². The van der Waals surface area contributed by atoms with Crippen LogP contribution in [-0.2, 0) is 0 Å². The van der Waals surface area contributed by atoms with E-state index >= 15 is 0 Å². The van der Waals surface area contributed by atoms with E-state index in [4.69, 9.17) is 0 Å². The second kappa shape index (κ2) is 3.16. The first-order valence-electron chi connectivity index (χ1n) is 2.31. The molecule has 0 saturated heterocycles. The fourth-order valence-electron chi connectivity index (χ4n) is 0.183. The molecule has 0 saturated carbocycles. The monoisotopic (exact) mass is 86.1 g/mol. The molecule has 0 unspecified atom stereocenters. The number of hydrogen-bond acceptors (Lipinski definition) is 1. The molecule has 6 heavy (non-hydrogen) atoms. The van der Waals surface area contributed by atoms with E-state index in [9.17, 15) is 0 Å². The molecule has 0 aliphatic carbocycles. The topological polar surface area (TPSA) is 3.24 Å². The Morgan fingerprint density at radius 3 is 2.17 bits per heavy atom. The Morgan fingerprint density at radius 2 is 2.17 bits per heavy atom. The van der Waals surface area contributed by atoms with Crippen molar-refractivity contribution in [3.8, 4) is 0 Å². The predicted molar refractivity (Wildman–Crippen MR) is 28.3 cm³/mol. The molecule has 1 heteroatoms. The van der Waals surface area contributed by atoms with E-state index in [1.54, 1.807) is 0 Å². The highest BCUT2D eigenvalue weighted by molar-refractivity contribution is 4.51. The summed E-state index contributed by atoms with van der Waals surface area (Å²) < 4.78 is 0. The summed E-state index contributed by atoms with van der Waals surface area (Å²) in [5.41, 5.74) is 0. The minimum absolute atomic E-state index is 1.11. The van der Waals surface area contributed by atoms with E-state index in [0.29, 0.717) is 0 Å². The van der Waals surface area contributed by atoms with Gasteiger partial charge in [0.05, 0.1) is 0 Å². The molecule has 37 valence electrons. The van der Waals surface area contributed by atoms with E-state index in [2.05, 4.69) is 25.4 Å². The number of rotatable bonds is 2. The SMILES string of the molecule is C[CH]N(C)CC. The number of hydrogen-bond donors (Lipinski definition) is 0. The van der Waals surface area contributed by atoms with Crippen molar-refractivity contribution in [2.45, 2.75) is 13.8 Å². The second-order valence-corrected chi connectivity index (χ2v) is 1.33. The zero-order valence-electron chi connectivity index (χ0n) is 4.73. The molecule has 0 aromatic rings. The smallest absolute Gasteiger partial charge is 0.0217 e. The maximum absolute atomic E-state index is 2.12. The minimum Gasteiger partial charge on any atom is -0.302 e. The minimum atomic E-state index is 1.11. The van der Waals surface area contributed by atoms with Crippen molar-refractivity contribution in [2.75, 3.05) is 13.6 Å². The lowest BCUT2D eigenvalue weighted by molar-refractivity contribution is 0.434. The Bertz CT molecular complexity index is 23.1. The Balaban J connectivity index is 2.75. The summed E-state index contributed by atoms with van der Waals surface area (Å²) in [4.78, 5) is 2.12. The van der Waals surface area contributed by atoms with Crippen LogP contribution in [0.15, 0.2) is 0 Å². The molecular weight excluding hydrogens is 74.1 g/mol. The summed E-state index contributed by atoms with van der Waals surface area (Å²) in [7, 11) is 2.06. The Morgan fingerprint density at radius 1 is 1.67 bits per heavy atom. The molecule has 0 bridgehead atoms. The fraction of sp³-hybridized carbons (Fsp3) is 0.800. The standard InChI is InChI=1S/C5H12N/c1-4-6(3)5-2/h4H,5H2,1-3H3. The van der Waals surface area contributed by atoms with E-state index in [1.165, 1.54) is 0 Å². The zero-order valence-corrected chi connectivity index (χ0v) is 4.73. The van der Waals surface area contributed by atoms with Gasteiger partial charge in [0.15, 0.2) is 0 Å². The molecule has 0 aromatic heterocycles. The van der Waals surface area contributed by atoms with Gasteiger partial charge in [-0.2, -0.15) is 0 Å².